The number of nitrogens with zero attached hydrogens (tertiary/aromatic N) is 1. The Hall–Kier alpha value is -1.21. The van der Waals surface area contributed by atoms with Crippen LogP contribution in [0, 0.1) is 0 Å². The Morgan fingerprint density at radius 2 is 1.88 bits per heavy atom. The molecule has 0 aliphatic carbocycles. The van der Waals surface area contributed by atoms with Crippen LogP contribution in [-0.4, -0.2) is 54.0 Å². The summed E-state index contributed by atoms with van der Waals surface area (Å²) in [6, 6.07) is 1.21. The van der Waals surface area contributed by atoms with Gasteiger partial charge in [-0.05, 0) is 25.3 Å². The van der Waals surface area contributed by atoms with E-state index in [1.165, 1.54) is 6.07 Å². The van der Waals surface area contributed by atoms with Crippen LogP contribution in [0.3, 0.4) is 0 Å². The second-order valence-corrected chi connectivity index (χ2v) is 7.44. The number of piperidine rings is 1. The highest BCUT2D eigenvalue weighted by atomic mass is 35.5. The molecule has 0 aromatic heterocycles. The van der Waals surface area contributed by atoms with E-state index in [-0.39, 0.29) is 38.3 Å². The minimum atomic E-state index is -0.518. The normalized spacial score (nSPS) is 15.7. The van der Waals surface area contributed by atoms with Crippen molar-refractivity contribution in [2.24, 2.45) is 0 Å². The average molecular weight is 423 g/mol. The van der Waals surface area contributed by atoms with E-state index in [4.69, 9.17) is 34.8 Å². The Morgan fingerprint density at radius 1 is 1.23 bits per heavy atom. The molecule has 1 aromatic carbocycles. The van der Waals surface area contributed by atoms with Gasteiger partial charge < -0.3 is 15.7 Å². The largest absolute Gasteiger partial charge is 0.505 e. The van der Waals surface area contributed by atoms with Gasteiger partial charge in [0.1, 0.15) is 11.3 Å². The van der Waals surface area contributed by atoms with E-state index in [0.29, 0.717) is 39.0 Å². The molecular formula is C17H22Cl3N3O3. The summed E-state index contributed by atoms with van der Waals surface area (Å²) in [5, 5.41) is 15.8. The van der Waals surface area contributed by atoms with Crippen molar-refractivity contribution in [3.8, 4) is 5.75 Å². The first-order valence-corrected chi connectivity index (χ1v) is 9.63. The highest BCUT2D eigenvalue weighted by molar-refractivity contribution is 6.45. The molecule has 6 nitrogen and oxygen atoms in total. The van der Waals surface area contributed by atoms with Crippen LogP contribution in [0.25, 0.3) is 0 Å². The van der Waals surface area contributed by atoms with Gasteiger partial charge in [0.25, 0.3) is 5.91 Å². The second-order valence-electron chi connectivity index (χ2n) is 6.25. The summed E-state index contributed by atoms with van der Waals surface area (Å²) in [4.78, 5) is 26.3. The van der Waals surface area contributed by atoms with Gasteiger partial charge in [-0.3, -0.25) is 14.5 Å². The zero-order valence-corrected chi connectivity index (χ0v) is 16.7. The number of aromatic hydroxyl groups is 1. The summed E-state index contributed by atoms with van der Waals surface area (Å²) in [6.07, 6.45) is 2.29. The van der Waals surface area contributed by atoms with Gasteiger partial charge in [0.05, 0.1) is 21.6 Å². The van der Waals surface area contributed by atoms with Crippen molar-refractivity contribution in [1.82, 2.24) is 15.5 Å². The fourth-order valence-corrected chi connectivity index (χ4v) is 3.50. The zero-order chi connectivity index (χ0) is 19.3. The molecule has 0 saturated carbocycles. The topological polar surface area (TPSA) is 81.7 Å². The summed E-state index contributed by atoms with van der Waals surface area (Å²) in [6.45, 7) is 4.43. The van der Waals surface area contributed by atoms with Crippen LogP contribution in [-0.2, 0) is 4.79 Å². The fourth-order valence-electron chi connectivity index (χ4n) is 2.81. The van der Waals surface area contributed by atoms with E-state index in [1.54, 1.807) is 0 Å². The molecule has 0 radical (unpaired) electrons. The maximum Gasteiger partial charge on any atom is 0.256 e. The highest BCUT2D eigenvalue weighted by Gasteiger charge is 2.26. The summed E-state index contributed by atoms with van der Waals surface area (Å²) >= 11 is 17.8. The Balaban J connectivity index is 1.90. The number of phenols is 1. The van der Waals surface area contributed by atoms with Crippen molar-refractivity contribution < 1.29 is 14.7 Å². The number of phenolic OH excluding ortho intramolecular Hbond substituents is 1. The molecule has 1 aromatic rings. The van der Waals surface area contributed by atoms with Gasteiger partial charge in [-0.2, -0.15) is 0 Å². The molecule has 2 amide bonds. The minimum absolute atomic E-state index is 0.0135. The fraction of sp³-hybridized carbons (Fsp3) is 0.529. The number of rotatable bonds is 6. The molecule has 1 aliphatic heterocycles. The lowest BCUT2D eigenvalue weighted by atomic mass is 10.0. The Morgan fingerprint density at radius 3 is 2.50 bits per heavy atom. The van der Waals surface area contributed by atoms with Crippen molar-refractivity contribution in [3.05, 3.63) is 26.7 Å². The lowest BCUT2D eigenvalue weighted by molar-refractivity contribution is -0.122. The summed E-state index contributed by atoms with van der Waals surface area (Å²) in [7, 11) is 0. The molecule has 1 fully saturated rings. The third-order valence-electron chi connectivity index (χ3n) is 4.23. The number of nitrogens with one attached hydrogen (secondary N) is 2. The van der Waals surface area contributed by atoms with Crippen LogP contribution in [0.1, 0.15) is 36.5 Å². The summed E-state index contributed by atoms with van der Waals surface area (Å²) < 4.78 is 0. The predicted octanol–water partition coefficient (Wildman–Crippen LogP) is 3.07. The molecule has 26 heavy (non-hydrogen) atoms. The van der Waals surface area contributed by atoms with Crippen molar-refractivity contribution in [1.29, 1.82) is 0 Å². The van der Waals surface area contributed by atoms with Crippen LogP contribution in [0.5, 0.6) is 5.75 Å². The van der Waals surface area contributed by atoms with Gasteiger partial charge in [0.2, 0.25) is 5.91 Å². The van der Waals surface area contributed by atoms with Crippen LogP contribution in [0.15, 0.2) is 6.07 Å². The number of likely N-dealkylation sites (tertiary alicyclic amines) is 1. The number of benzene rings is 1. The quantitative estimate of drug-likeness (QED) is 0.615. The van der Waals surface area contributed by atoms with E-state index in [0.717, 1.165) is 6.42 Å². The first-order chi connectivity index (χ1) is 12.3. The van der Waals surface area contributed by atoms with E-state index in [9.17, 15) is 14.7 Å². The molecule has 9 heteroatoms. The molecule has 144 valence electrons. The maximum absolute atomic E-state index is 12.5. The molecule has 2 rings (SSSR count). The van der Waals surface area contributed by atoms with Crippen molar-refractivity contribution in [2.45, 2.75) is 32.2 Å². The van der Waals surface area contributed by atoms with E-state index < -0.39 is 5.91 Å². The number of amides is 2. The standard InChI is InChI=1S/C17H22Cl3N3O3/c1-2-5-21-13(24)9-23-6-3-10(4-7-23)22-17(26)14-15(20)11(18)8-12(19)16(14)25/h8,10,25H,2-7,9H2,1H3,(H,21,24)(H,22,26). The molecular weight excluding hydrogens is 401 g/mol. The lowest BCUT2D eigenvalue weighted by Gasteiger charge is -2.32. The molecule has 0 atom stereocenters. The van der Waals surface area contributed by atoms with Crippen LogP contribution < -0.4 is 10.6 Å². The van der Waals surface area contributed by atoms with Gasteiger partial charge in [0, 0.05) is 25.7 Å². The van der Waals surface area contributed by atoms with Gasteiger partial charge in [0.15, 0.2) is 0 Å². The van der Waals surface area contributed by atoms with Gasteiger partial charge in [-0.25, -0.2) is 0 Å². The third-order valence-corrected chi connectivity index (χ3v) is 5.31. The molecule has 0 unspecified atom stereocenters. The Labute approximate surface area is 167 Å². The molecule has 0 spiro atoms. The minimum Gasteiger partial charge on any atom is -0.505 e. The Bertz CT molecular complexity index is 651. The Kier molecular flexibility index (Phi) is 7.83. The van der Waals surface area contributed by atoms with Gasteiger partial charge >= 0.3 is 0 Å². The van der Waals surface area contributed by atoms with Crippen molar-refractivity contribution in [3.63, 3.8) is 0 Å². The maximum atomic E-state index is 12.5. The van der Waals surface area contributed by atoms with Crippen molar-refractivity contribution >= 4 is 46.6 Å². The first kappa shape index (κ1) is 21.1. The van der Waals surface area contributed by atoms with Crippen LogP contribution in [0.2, 0.25) is 15.1 Å². The number of carbonyl (C=O) groups excluding carboxylic acids is 2. The first-order valence-electron chi connectivity index (χ1n) is 8.49. The SMILES string of the molecule is CCCNC(=O)CN1CCC(NC(=O)c2c(O)c(Cl)cc(Cl)c2Cl)CC1. The molecule has 1 heterocycles. The van der Waals surface area contributed by atoms with Crippen LogP contribution >= 0.6 is 34.8 Å². The summed E-state index contributed by atoms with van der Waals surface area (Å²) in [5.74, 6) is -0.890. The summed E-state index contributed by atoms with van der Waals surface area (Å²) in [5.41, 5.74) is -0.120. The lowest BCUT2D eigenvalue weighted by Crippen LogP contribution is -2.47. The smallest absolute Gasteiger partial charge is 0.256 e. The molecule has 3 N–H and O–H groups in total. The number of hydrogen-bond donors (Lipinski definition) is 3. The zero-order valence-electron chi connectivity index (χ0n) is 14.4. The van der Waals surface area contributed by atoms with Crippen LogP contribution in [0.4, 0.5) is 0 Å². The number of halogens is 3. The van der Waals surface area contributed by atoms with Gasteiger partial charge in [-0.15, -0.1) is 0 Å². The number of carbonyl (C=O) groups is 2. The van der Waals surface area contributed by atoms with E-state index in [1.807, 2.05) is 11.8 Å². The number of hydrogen-bond acceptors (Lipinski definition) is 4. The molecule has 1 saturated heterocycles. The second kappa shape index (κ2) is 9.65. The third kappa shape index (κ3) is 5.39. The monoisotopic (exact) mass is 421 g/mol. The molecule has 1 aliphatic rings. The molecule has 0 bridgehead atoms. The average Bonchev–Trinajstić information content (AvgIpc) is 2.60. The van der Waals surface area contributed by atoms with E-state index in [2.05, 4.69) is 10.6 Å². The predicted molar refractivity (Wildman–Crippen MR) is 103 cm³/mol. The van der Waals surface area contributed by atoms with E-state index >= 15 is 0 Å². The van der Waals surface area contributed by atoms with Crippen molar-refractivity contribution in [2.75, 3.05) is 26.2 Å². The highest BCUT2D eigenvalue weighted by Crippen LogP contribution is 2.38. The van der Waals surface area contributed by atoms with Gasteiger partial charge in [-0.1, -0.05) is 41.7 Å².